The van der Waals surface area contributed by atoms with Gasteiger partial charge in [0.1, 0.15) is 0 Å². The summed E-state index contributed by atoms with van der Waals surface area (Å²) in [5.74, 6) is 0.184. The highest BCUT2D eigenvalue weighted by molar-refractivity contribution is 7.99. The molecule has 1 heterocycles. The highest BCUT2D eigenvalue weighted by Gasteiger charge is 2.13. The second kappa shape index (κ2) is 8.68. The van der Waals surface area contributed by atoms with Crippen molar-refractivity contribution in [3.8, 4) is 0 Å². The summed E-state index contributed by atoms with van der Waals surface area (Å²) in [7, 11) is 0. The van der Waals surface area contributed by atoms with Gasteiger partial charge in [0.25, 0.3) is 5.56 Å². The molecule has 2 aromatic rings. The van der Waals surface area contributed by atoms with E-state index in [1.54, 1.807) is 16.7 Å². The molecule has 0 radical (unpaired) electrons. The number of hydrogen-bond donors (Lipinski definition) is 1. The molecule has 1 unspecified atom stereocenters. The first kappa shape index (κ1) is 18.3. The molecule has 6 heteroatoms. The largest absolute Gasteiger partial charge is 0.353 e. The molecule has 0 aliphatic carbocycles. The van der Waals surface area contributed by atoms with Crippen LogP contribution in [0.5, 0.6) is 0 Å². The summed E-state index contributed by atoms with van der Waals surface area (Å²) < 4.78 is 1.56. The third-order valence-corrected chi connectivity index (χ3v) is 4.58. The van der Waals surface area contributed by atoms with Crippen LogP contribution >= 0.6 is 11.8 Å². The van der Waals surface area contributed by atoms with Crippen LogP contribution in [0.4, 0.5) is 0 Å². The molecule has 2 rings (SSSR count). The van der Waals surface area contributed by atoms with Crippen LogP contribution in [0.3, 0.4) is 0 Å². The first-order valence-corrected chi connectivity index (χ1v) is 9.08. The van der Waals surface area contributed by atoms with Crippen molar-refractivity contribution < 1.29 is 4.79 Å². The Balaban J connectivity index is 2.21. The molecule has 1 aromatic heterocycles. The van der Waals surface area contributed by atoms with Gasteiger partial charge in [-0.1, -0.05) is 43.3 Å². The van der Waals surface area contributed by atoms with Gasteiger partial charge in [-0.15, -0.1) is 6.58 Å². The van der Waals surface area contributed by atoms with Crippen molar-refractivity contribution in [2.45, 2.75) is 44.4 Å². The number of carbonyl (C=O) groups is 1. The van der Waals surface area contributed by atoms with E-state index in [0.717, 1.165) is 12.8 Å². The van der Waals surface area contributed by atoms with E-state index in [0.29, 0.717) is 22.6 Å². The lowest BCUT2D eigenvalue weighted by molar-refractivity contribution is -0.119. The van der Waals surface area contributed by atoms with Crippen LogP contribution in [0, 0.1) is 0 Å². The van der Waals surface area contributed by atoms with Crippen LogP contribution in [-0.2, 0) is 11.3 Å². The maximum absolute atomic E-state index is 12.6. The molecule has 0 saturated carbocycles. The first-order valence-electron chi connectivity index (χ1n) is 8.09. The number of amides is 1. The molecule has 0 aliphatic rings. The fourth-order valence-corrected chi connectivity index (χ4v) is 3.32. The molecule has 0 saturated heterocycles. The van der Waals surface area contributed by atoms with E-state index in [1.165, 1.54) is 11.8 Å². The fourth-order valence-electron chi connectivity index (χ4n) is 2.50. The van der Waals surface area contributed by atoms with Crippen molar-refractivity contribution in [2.75, 3.05) is 5.75 Å². The van der Waals surface area contributed by atoms with E-state index in [4.69, 9.17) is 0 Å². The Morgan fingerprint density at radius 1 is 1.46 bits per heavy atom. The van der Waals surface area contributed by atoms with E-state index in [1.807, 2.05) is 25.1 Å². The Morgan fingerprint density at radius 2 is 2.21 bits per heavy atom. The lowest BCUT2D eigenvalue weighted by Gasteiger charge is -2.14. The molecule has 0 fully saturated rings. The minimum Gasteiger partial charge on any atom is -0.353 e. The number of thioether (sulfide) groups is 1. The average Bonchev–Trinajstić information content (AvgIpc) is 2.56. The van der Waals surface area contributed by atoms with Gasteiger partial charge in [-0.25, -0.2) is 4.98 Å². The predicted molar refractivity (Wildman–Crippen MR) is 99.4 cm³/mol. The number of rotatable bonds is 8. The van der Waals surface area contributed by atoms with Gasteiger partial charge in [0, 0.05) is 12.6 Å². The molecule has 0 bridgehead atoms. The Labute approximate surface area is 146 Å². The van der Waals surface area contributed by atoms with Crippen molar-refractivity contribution in [2.24, 2.45) is 0 Å². The van der Waals surface area contributed by atoms with Gasteiger partial charge in [-0.3, -0.25) is 14.2 Å². The van der Waals surface area contributed by atoms with E-state index >= 15 is 0 Å². The van der Waals surface area contributed by atoms with E-state index < -0.39 is 0 Å². The smallest absolute Gasteiger partial charge is 0.262 e. The molecule has 1 aromatic carbocycles. The number of aromatic nitrogens is 2. The van der Waals surface area contributed by atoms with E-state index in [-0.39, 0.29) is 23.3 Å². The Kier molecular flexibility index (Phi) is 6.61. The second-order valence-electron chi connectivity index (χ2n) is 5.66. The van der Waals surface area contributed by atoms with Crippen molar-refractivity contribution in [3.05, 3.63) is 47.3 Å². The maximum atomic E-state index is 12.6. The number of para-hydroxylation sites is 1. The predicted octanol–water partition coefficient (Wildman–Crippen LogP) is 2.98. The summed E-state index contributed by atoms with van der Waals surface area (Å²) in [6, 6.07) is 7.39. The average molecular weight is 345 g/mol. The molecule has 5 nitrogen and oxygen atoms in total. The number of allylic oxidation sites excluding steroid dienone is 1. The summed E-state index contributed by atoms with van der Waals surface area (Å²) in [6.45, 7) is 8.15. The summed E-state index contributed by atoms with van der Waals surface area (Å²) in [4.78, 5) is 29.2. The number of fused-ring (bicyclic) bond motifs is 1. The zero-order valence-corrected chi connectivity index (χ0v) is 14.9. The molecule has 1 amide bonds. The van der Waals surface area contributed by atoms with Crippen molar-refractivity contribution in [1.29, 1.82) is 0 Å². The lowest BCUT2D eigenvalue weighted by Crippen LogP contribution is -2.34. The van der Waals surface area contributed by atoms with Crippen molar-refractivity contribution in [3.63, 3.8) is 0 Å². The molecular weight excluding hydrogens is 322 g/mol. The Morgan fingerprint density at radius 3 is 2.92 bits per heavy atom. The van der Waals surface area contributed by atoms with Gasteiger partial charge in [0.2, 0.25) is 5.91 Å². The topological polar surface area (TPSA) is 64.0 Å². The molecule has 128 valence electrons. The van der Waals surface area contributed by atoms with Gasteiger partial charge < -0.3 is 5.32 Å². The molecule has 0 aliphatic heterocycles. The minimum absolute atomic E-state index is 0.0477. The Bertz CT molecular complexity index is 785. The van der Waals surface area contributed by atoms with Crippen LogP contribution < -0.4 is 10.9 Å². The van der Waals surface area contributed by atoms with Crippen LogP contribution in [0.2, 0.25) is 0 Å². The number of hydrogen-bond acceptors (Lipinski definition) is 4. The van der Waals surface area contributed by atoms with Crippen molar-refractivity contribution >= 4 is 28.6 Å². The highest BCUT2D eigenvalue weighted by atomic mass is 32.2. The molecule has 1 atom stereocenters. The number of carbonyl (C=O) groups excluding carboxylic acids is 1. The monoisotopic (exact) mass is 345 g/mol. The third kappa shape index (κ3) is 4.47. The summed E-state index contributed by atoms with van der Waals surface area (Å²) in [6.07, 6.45) is 3.64. The zero-order valence-electron chi connectivity index (χ0n) is 14.1. The fraction of sp³-hybridized carbons (Fsp3) is 0.389. The standard InChI is InChI=1S/C18H23N3O2S/c1-4-8-13(3)19-16(22)12-24-18-20-15-10-7-6-9-14(15)17(23)21(18)11-5-2/h5-7,9-10,13H,2,4,8,11-12H2,1,3H3,(H,19,22). The quantitative estimate of drug-likeness (QED) is 0.454. The lowest BCUT2D eigenvalue weighted by atomic mass is 10.2. The number of benzene rings is 1. The number of nitrogens with zero attached hydrogens (tertiary/aromatic N) is 2. The summed E-state index contributed by atoms with van der Waals surface area (Å²) in [5.41, 5.74) is 0.535. The SMILES string of the molecule is C=CCn1c(SCC(=O)NC(C)CCC)nc2ccccc2c1=O. The minimum atomic E-state index is -0.109. The van der Waals surface area contributed by atoms with Gasteiger partial charge in [-0.05, 0) is 25.5 Å². The second-order valence-corrected chi connectivity index (χ2v) is 6.60. The molecular formula is C18H23N3O2S. The van der Waals surface area contributed by atoms with Gasteiger partial charge in [0.15, 0.2) is 5.16 Å². The van der Waals surface area contributed by atoms with Crippen molar-refractivity contribution in [1.82, 2.24) is 14.9 Å². The van der Waals surface area contributed by atoms with Crippen LogP contribution in [0.1, 0.15) is 26.7 Å². The normalized spacial score (nSPS) is 12.1. The Hall–Kier alpha value is -2.08. The van der Waals surface area contributed by atoms with E-state index in [2.05, 4.69) is 23.8 Å². The molecule has 1 N–H and O–H groups in total. The van der Waals surface area contributed by atoms with Crippen LogP contribution in [0.25, 0.3) is 10.9 Å². The maximum Gasteiger partial charge on any atom is 0.262 e. The summed E-state index contributed by atoms with van der Waals surface area (Å²) >= 11 is 1.28. The molecule has 0 spiro atoms. The third-order valence-electron chi connectivity index (χ3n) is 3.60. The van der Waals surface area contributed by atoms with Crippen LogP contribution in [0.15, 0.2) is 46.9 Å². The molecule has 24 heavy (non-hydrogen) atoms. The van der Waals surface area contributed by atoms with Crippen LogP contribution in [-0.4, -0.2) is 27.3 Å². The van der Waals surface area contributed by atoms with Gasteiger partial charge >= 0.3 is 0 Å². The van der Waals surface area contributed by atoms with Gasteiger partial charge in [0.05, 0.1) is 16.7 Å². The first-order chi connectivity index (χ1) is 11.6. The highest BCUT2D eigenvalue weighted by Crippen LogP contribution is 2.17. The zero-order chi connectivity index (χ0) is 17.5. The van der Waals surface area contributed by atoms with Gasteiger partial charge in [-0.2, -0.15) is 0 Å². The van der Waals surface area contributed by atoms with E-state index in [9.17, 15) is 9.59 Å². The summed E-state index contributed by atoms with van der Waals surface area (Å²) in [5, 5.41) is 4.07. The number of nitrogens with one attached hydrogen (secondary N) is 1.